The van der Waals surface area contributed by atoms with Gasteiger partial charge in [0.1, 0.15) is 5.82 Å². The van der Waals surface area contributed by atoms with Crippen LogP contribution >= 0.6 is 0 Å². The maximum absolute atomic E-state index is 7.08. The molecule has 3 N–H and O–H groups in total. The van der Waals surface area contributed by atoms with E-state index in [0.717, 1.165) is 29.9 Å². The Balaban J connectivity index is 1.63. The van der Waals surface area contributed by atoms with Crippen molar-refractivity contribution in [1.82, 2.24) is 9.97 Å². The molecule has 3 heteroatoms. The van der Waals surface area contributed by atoms with Crippen molar-refractivity contribution in [1.29, 1.82) is 0 Å². The molecule has 3 nitrogen and oxygen atoms in total. The topological polar surface area (TPSA) is 54.7 Å². The number of nitrogens with zero attached hydrogens (tertiary/aromatic N) is 1. The average molecular weight is 360 g/mol. The third-order valence-corrected chi connectivity index (χ3v) is 5.87. The van der Waals surface area contributed by atoms with Gasteiger partial charge < -0.3 is 10.7 Å². The minimum Gasteiger partial charge on any atom is -0.340 e. The molecule has 3 aromatic rings. The maximum atomic E-state index is 7.08. The van der Waals surface area contributed by atoms with Crippen molar-refractivity contribution in [3.8, 4) is 11.3 Å². The molecule has 0 radical (unpaired) electrons. The molecule has 0 spiro atoms. The molecule has 1 heterocycles. The van der Waals surface area contributed by atoms with Gasteiger partial charge in [0.15, 0.2) is 0 Å². The number of aromatic nitrogens is 2. The Bertz CT molecular complexity index is 834. The number of rotatable bonds is 6. The van der Waals surface area contributed by atoms with Gasteiger partial charge in [-0.1, -0.05) is 92.8 Å². The minimum absolute atomic E-state index is 0.462. The molecule has 1 saturated carbocycles. The Morgan fingerprint density at radius 2 is 1.59 bits per heavy atom. The van der Waals surface area contributed by atoms with Crippen molar-refractivity contribution in [3.05, 3.63) is 78.2 Å². The highest BCUT2D eigenvalue weighted by atomic mass is 15.0. The SMILES string of the molecule is NC(Cc1ccccc1)(CC1CCCCC1)c1ncc(-c2ccccc2)[nH]1. The van der Waals surface area contributed by atoms with E-state index in [-0.39, 0.29) is 0 Å². The van der Waals surface area contributed by atoms with E-state index in [2.05, 4.69) is 59.6 Å². The second-order valence-corrected chi connectivity index (χ2v) is 8.04. The number of nitrogens with two attached hydrogens (primary N) is 1. The summed E-state index contributed by atoms with van der Waals surface area (Å²) in [5.74, 6) is 1.61. The maximum Gasteiger partial charge on any atom is 0.127 e. The largest absolute Gasteiger partial charge is 0.340 e. The predicted octanol–water partition coefficient (Wildman–Crippen LogP) is 5.44. The quantitative estimate of drug-likeness (QED) is 0.615. The van der Waals surface area contributed by atoms with Gasteiger partial charge in [-0.25, -0.2) is 4.98 Å². The lowest BCUT2D eigenvalue weighted by atomic mass is 9.77. The van der Waals surface area contributed by atoms with Crippen LogP contribution in [0.15, 0.2) is 66.9 Å². The highest BCUT2D eigenvalue weighted by Crippen LogP contribution is 2.36. The van der Waals surface area contributed by atoms with Gasteiger partial charge in [0.2, 0.25) is 0 Å². The number of hydrogen-bond donors (Lipinski definition) is 2. The van der Waals surface area contributed by atoms with E-state index < -0.39 is 5.54 Å². The number of imidazole rings is 1. The van der Waals surface area contributed by atoms with Gasteiger partial charge in [-0.3, -0.25) is 0 Å². The van der Waals surface area contributed by atoms with Gasteiger partial charge in [-0.05, 0) is 29.9 Å². The molecule has 1 unspecified atom stereocenters. The lowest BCUT2D eigenvalue weighted by Crippen LogP contribution is -2.42. The number of hydrogen-bond acceptors (Lipinski definition) is 2. The Kier molecular flexibility index (Phi) is 5.40. The Labute approximate surface area is 162 Å². The fourth-order valence-electron chi connectivity index (χ4n) is 4.46. The molecule has 0 bridgehead atoms. The summed E-state index contributed by atoms with van der Waals surface area (Å²) >= 11 is 0. The molecule has 2 aromatic carbocycles. The summed E-state index contributed by atoms with van der Waals surface area (Å²) in [4.78, 5) is 8.29. The van der Waals surface area contributed by atoms with Crippen LogP contribution in [0, 0.1) is 5.92 Å². The number of H-pyrrole nitrogens is 1. The standard InChI is InChI=1S/C24H29N3/c25-24(16-19-10-4-1-5-11-19,17-20-12-6-2-7-13-20)23-26-18-22(27-23)21-14-8-3-9-15-21/h1,3-5,8-11,14-15,18,20H,2,6-7,12-13,16-17,25H2,(H,26,27). The van der Waals surface area contributed by atoms with Crippen LogP contribution in [0.1, 0.15) is 49.9 Å². The average Bonchev–Trinajstić information content (AvgIpc) is 3.21. The molecule has 0 aliphatic heterocycles. The van der Waals surface area contributed by atoms with Gasteiger partial charge in [-0.2, -0.15) is 0 Å². The molecule has 27 heavy (non-hydrogen) atoms. The lowest BCUT2D eigenvalue weighted by Gasteiger charge is -2.33. The molecular weight excluding hydrogens is 330 g/mol. The summed E-state index contributed by atoms with van der Waals surface area (Å²) in [6, 6.07) is 20.9. The monoisotopic (exact) mass is 359 g/mol. The third kappa shape index (κ3) is 4.30. The van der Waals surface area contributed by atoms with E-state index >= 15 is 0 Å². The first-order valence-electron chi connectivity index (χ1n) is 10.2. The first-order valence-corrected chi connectivity index (χ1v) is 10.2. The molecule has 1 fully saturated rings. The molecule has 4 rings (SSSR count). The molecule has 0 amide bonds. The van der Waals surface area contributed by atoms with Gasteiger partial charge in [0, 0.05) is 0 Å². The first-order chi connectivity index (χ1) is 13.2. The van der Waals surface area contributed by atoms with Crippen molar-refractivity contribution < 1.29 is 0 Å². The van der Waals surface area contributed by atoms with E-state index in [1.54, 1.807) is 0 Å². The molecule has 140 valence electrons. The summed E-state index contributed by atoms with van der Waals surface area (Å²) in [6.07, 6.45) is 10.3. The van der Waals surface area contributed by atoms with Crippen LogP contribution < -0.4 is 5.73 Å². The van der Waals surface area contributed by atoms with Crippen LogP contribution in [0.25, 0.3) is 11.3 Å². The van der Waals surface area contributed by atoms with E-state index in [1.165, 1.54) is 37.7 Å². The summed E-state index contributed by atoms with van der Waals surface area (Å²) in [6.45, 7) is 0. The molecule has 1 atom stereocenters. The summed E-state index contributed by atoms with van der Waals surface area (Å²) in [7, 11) is 0. The second kappa shape index (κ2) is 8.10. The zero-order chi connectivity index (χ0) is 18.5. The Morgan fingerprint density at radius 1 is 0.926 bits per heavy atom. The van der Waals surface area contributed by atoms with Gasteiger partial charge in [-0.15, -0.1) is 0 Å². The molecule has 1 aromatic heterocycles. The lowest BCUT2D eigenvalue weighted by molar-refractivity contribution is 0.250. The first kappa shape index (κ1) is 18.0. The zero-order valence-electron chi connectivity index (χ0n) is 15.9. The highest BCUT2D eigenvalue weighted by molar-refractivity contribution is 5.58. The third-order valence-electron chi connectivity index (χ3n) is 5.87. The van der Waals surface area contributed by atoms with Crippen LogP contribution in [-0.4, -0.2) is 9.97 Å². The van der Waals surface area contributed by atoms with E-state index in [4.69, 9.17) is 10.7 Å². The smallest absolute Gasteiger partial charge is 0.127 e. The summed E-state index contributed by atoms with van der Waals surface area (Å²) in [5.41, 5.74) is 10.1. The van der Waals surface area contributed by atoms with E-state index in [0.29, 0.717) is 5.92 Å². The summed E-state index contributed by atoms with van der Waals surface area (Å²) < 4.78 is 0. The summed E-state index contributed by atoms with van der Waals surface area (Å²) in [5, 5.41) is 0. The fraction of sp³-hybridized carbons (Fsp3) is 0.375. The zero-order valence-corrected chi connectivity index (χ0v) is 15.9. The number of benzene rings is 2. The van der Waals surface area contributed by atoms with Gasteiger partial charge in [0.25, 0.3) is 0 Å². The normalized spacial score (nSPS) is 17.5. The number of nitrogens with one attached hydrogen (secondary N) is 1. The van der Waals surface area contributed by atoms with Crippen molar-refractivity contribution in [2.24, 2.45) is 11.7 Å². The molecule has 1 aliphatic carbocycles. The van der Waals surface area contributed by atoms with Crippen molar-refractivity contribution in [2.75, 3.05) is 0 Å². The number of aromatic amines is 1. The Hall–Kier alpha value is -2.39. The van der Waals surface area contributed by atoms with Crippen LogP contribution in [0.2, 0.25) is 0 Å². The fourth-order valence-corrected chi connectivity index (χ4v) is 4.46. The van der Waals surface area contributed by atoms with Crippen LogP contribution in [0.5, 0.6) is 0 Å². The Morgan fingerprint density at radius 3 is 2.30 bits per heavy atom. The highest BCUT2D eigenvalue weighted by Gasteiger charge is 2.34. The molecule has 1 aliphatic rings. The van der Waals surface area contributed by atoms with E-state index in [9.17, 15) is 0 Å². The van der Waals surface area contributed by atoms with Crippen molar-refractivity contribution >= 4 is 0 Å². The van der Waals surface area contributed by atoms with Gasteiger partial charge in [0.05, 0.1) is 17.4 Å². The minimum atomic E-state index is -0.462. The van der Waals surface area contributed by atoms with Crippen molar-refractivity contribution in [2.45, 2.75) is 50.5 Å². The van der Waals surface area contributed by atoms with Crippen LogP contribution in [0.4, 0.5) is 0 Å². The molecular formula is C24H29N3. The second-order valence-electron chi connectivity index (χ2n) is 8.04. The van der Waals surface area contributed by atoms with Gasteiger partial charge >= 0.3 is 0 Å². The van der Waals surface area contributed by atoms with Crippen LogP contribution in [0.3, 0.4) is 0 Å². The molecule has 0 saturated heterocycles. The predicted molar refractivity (Wildman–Crippen MR) is 111 cm³/mol. The van der Waals surface area contributed by atoms with E-state index in [1.807, 2.05) is 12.3 Å². The van der Waals surface area contributed by atoms with Crippen LogP contribution in [-0.2, 0) is 12.0 Å². The van der Waals surface area contributed by atoms with Crippen molar-refractivity contribution in [3.63, 3.8) is 0 Å².